The number of benzene rings is 2. The van der Waals surface area contributed by atoms with Crippen LogP contribution in [0.4, 0.5) is 5.69 Å². The maximum Gasteiger partial charge on any atom is 0.288 e. The Bertz CT molecular complexity index is 950. The summed E-state index contributed by atoms with van der Waals surface area (Å²) in [6, 6.07) is 20.8. The second-order valence-corrected chi connectivity index (χ2v) is 6.44. The first-order chi connectivity index (χ1) is 13.1. The van der Waals surface area contributed by atoms with E-state index >= 15 is 0 Å². The third-order valence-corrected chi connectivity index (χ3v) is 4.38. The predicted molar refractivity (Wildman–Crippen MR) is 113 cm³/mol. The lowest BCUT2D eigenvalue weighted by Crippen LogP contribution is -2.38. The minimum Gasteiger partial charge on any atom is -0.502 e. The molecule has 0 fully saturated rings. The van der Waals surface area contributed by atoms with Gasteiger partial charge in [-0.1, -0.05) is 48.1 Å². The van der Waals surface area contributed by atoms with Crippen LogP contribution in [0.2, 0.25) is 0 Å². The van der Waals surface area contributed by atoms with Gasteiger partial charge in [-0.2, -0.15) is 4.57 Å². The molecule has 0 unspecified atom stereocenters. The van der Waals surface area contributed by atoms with E-state index in [1.165, 1.54) is 0 Å². The molecule has 1 heterocycles. The lowest BCUT2D eigenvalue weighted by Gasteiger charge is -2.11. The molecule has 0 bridgehead atoms. The first-order valence-corrected chi connectivity index (χ1v) is 8.91. The highest BCUT2D eigenvalue weighted by molar-refractivity contribution is 7.81. The van der Waals surface area contributed by atoms with Crippen molar-refractivity contribution in [1.82, 2.24) is 0 Å². The van der Waals surface area contributed by atoms with Crippen molar-refractivity contribution in [2.75, 3.05) is 12.4 Å². The van der Waals surface area contributed by atoms with E-state index in [9.17, 15) is 5.11 Å². The van der Waals surface area contributed by atoms with E-state index in [-0.39, 0.29) is 5.76 Å². The van der Waals surface area contributed by atoms with E-state index in [1.54, 1.807) is 11.7 Å². The minimum atomic E-state index is 0.109. The highest BCUT2D eigenvalue weighted by Crippen LogP contribution is 2.20. The highest BCUT2D eigenvalue weighted by Gasteiger charge is 2.23. The molecule has 0 saturated carbocycles. The Labute approximate surface area is 164 Å². The molecule has 3 aromatic rings. The van der Waals surface area contributed by atoms with Crippen molar-refractivity contribution >= 4 is 34.3 Å². The third kappa shape index (κ3) is 4.51. The molecule has 5 heteroatoms. The topological polar surface area (TPSA) is 45.4 Å². The molecule has 0 aliphatic carbocycles. The Hall–Kier alpha value is -3.18. The molecular formula is C22H21N2O2S+. The number of nitrogens with zero attached hydrogens (tertiary/aromatic N) is 1. The number of aryl methyl sites for hydroxylation is 1. The monoisotopic (exact) mass is 377 g/mol. The smallest absolute Gasteiger partial charge is 0.288 e. The Kier molecular flexibility index (Phi) is 5.84. The molecule has 27 heavy (non-hydrogen) atoms. The summed E-state index contributed by atoms with van der Waals surface area (Å²) in [5.74, 6) is 0.874. The first kappa shape index (κ1) is 18.6. The summed E-state index contributed by atoms with van der Waals surface area (Å²) in [5.41, 5.74) is 3.14. The van der Waals surface area contributed by atoms with Crippen LogP contribution in [0, 0.1) is 6.92 Å². The van der Waals surface area contributed by atoms with Crippen LogP contribution in [-0.2, 0) is 0 Å². The number of aromatic nitrogens is 1. The fourth-order valence-electron chi connectivity index (χ4n) is 2.61. The van der Waals surface area contributed by atoms with Crippen molar-refractivity contribution in [3.05, 3.63) is 90.3 Å². The van der Waals surface area contributed by atoms with Gasteiger partial charge in [0.15, 0.2) is 23.1 Å². The van der Waals surface area contributed by atoms with Crippen molar-refractivity contribution in [2.45, 2.75) is 6.92 Å². The number of aliphatic hydroxyl groups excluding tert-OH is 1. The van der Waals surface area contributed by atoms with Crippen molar-refractivity contribution in [2.24, 2.45) is 0 Å². The molecule has 0 aliphatic rings. The molecule has 136 valence electrons. The van der Waals surface area contributed by atoms with Gasteiger partial charge >= 0.3 is 0 Å². The number of hydrogen-bond donors (Lipinski definition) is 2. The molecule has 0 radical (unpaired) electrons. The zero-order chi connectivity index (χ0) is 19.2. The Morgan fingerprint density at radius 1 is 0.963 bits per heavy atom. The maximum atomic E-state index is 11.0. The van der Waals surface area contributed by atoms with E-state index in [0.29, 0.717) is 16.2 Å². The summed E-state index contributed by atoms with van der Waals surface area (Å²) in [6.45, 7) is 2.01. The van der Waals surface area contributed by atoms with Crippen LogP contribution >= 0.6 is 12.2 Å². The van der Waals surface area contributed by atoms with E-state index in [4.69, 9.17) is 17.0 Å². The number of nitrogens with one attached hydrogen (secondary N) is 1. The molecule has 0 saturated heterocycles. The van der Waals surface area contributed by atoms with Gasteiger partial charge in [0, 0.05) is 23.4 Å². The number of rotatable bonds is 5. The Balaban J connectivity index is 2.00. The predicted octanol–water partition coefficient (Wildman–Crippen LogP) is 4.61. The summed E-state index contributed by atoms with van der Waals surface area (Å²) in [7, 11) is 1.62. The Morgan fingerprint density at radius 3 is 2.19 bits per heavy atom. The van der Waals surface area contributed by atoms with Crippen LogP contribution in [0.15, 0.2) is 79.1 Å². The summed E-state index contributed by atoms with van der Waals surface area (Å²) in [5, 5.41) is 14.2. The molecular weight excluding hydrogens is 356 g/mol. The Morgan fingerprint density at radius 2 is 1.59 bits per heavy atom. The molecule has 2 aromatic carbocycles. The first-order valence-electron chi connectivity index (χ1n) is 8.51. The summed E-state index contributed by atoms with van der Waals surface area (Å²) < 4.78 is 6.98. The van der Waals surface area contributed by atoms with Crippen LogP contribution < -0.4 is 14.6 Å². The second kappa shape index (κ2) is 8.47. The van der Waals surface area contributed by atoms with E-state index in [0.717, 1.165) is 17.0 Å². The number of hydrogen-bond acceptors (Lipinski definition) is 3. The third-order valence-electron chi connectivity index (χ3n) is 4.09. The summed E-state index contributed by atoms with van der Waals surface area (Å²) in [4.78, 5) is 0.412. The molecule has 3 rings (SSSR count). The van der Waals surface area contributed by atoms with Gasteiger partial charge in [0.05, 0.1) is 7.11 Å². The molecule has 0 spiro atoms. The van der Waals surface area contributed by atoms with Gasteiger partial charge in [-0.05, 0) is 31.2 Å². The summed E-state index contributed by atoms with van der Waals surface area (Å²) in [6.07, 6.45) is 3.70. The quantitative estimate of drug-likeness (QED) is 0.295. The number of thiocarbonyl (C=S) groups is 1. The zero-order valence-electron chi connectivity index (χ0n) is 15.2. The van der Waals surface area contributed by atoms with Gasteiger partial charge in [-0.15, -0.1) is 0 Å². The fourth-order valence-corrected chi connectivity index (χ4v) is 2.93. The van der Waals surface area contributed by atoms with Gasteiger partial charge in [-0.3, -0.25) is 0 Å². The van der Waals surface area contributed by atoms with Gasteiger partial charge in [0.25, 0.3) is 5.70 Å². The number of methoxy groups -OCH3 is 1. The van der Waals surface area contributed by atoms with Crippen LogP contribution in [0.3, 0.4) is 0 Å². The largest absolute Gasteiger partial charge is 0.502 e. The second-order valence-electron chi connectivity index (χ2n) is 6.03. The van der Waals surface area contributed by atoms with Crippen LogP contribution in [0.1, 0.15) is 11.1 Å². The van der Waals surface area contributed by atoms with Crippen LogP contribution in [0.5, 0.6) is 5.75 Å². The molecule has 1 aromatic heterocycles. The number of aliphatic hydroxyl groups is 1. The van der Waals surface area contributed by atoms with Crippen LogP contribution in [0.25, 0.3) is 11.5 Å². The molecule has 2 N–H and O–H groups in total. The van der Waals surface area contributed by atoms with Gasteiger partial charge in [0.1, 0.15) is 5.75 Å². The number of ether oxygens (including phenoxy) is 1. The van der Waals surface area contributed by atoms with Crippen molar-refractivity contribution < 1.29 is 14.4 Å². The number of anilines is 1. The average molecular weight is 377 g/mol. The van der Waals surface area contributed by atoms with Crippen molar-refractivity contribution in [3.63, 3.8) is 0 Å². The molecule has 0 aliphatic heterocycles. The van der Waals surface area contributed by atoms with E-state index in [1.807, 2.05) is 86.0 Å². The molecule has 4 nitrogen and oxygen atoms in total. The maximum absolute atomic E-state index is 11.0. The standard InChI is InChI=1S/C22H20N2O2S/c1-16-6-8-17(9-7-16)21(25)20(24-14-4-3-5-15-24)22(27)23-18-10-12-19(26-2)13-11-18/h3-15H,1-2H3,(H-,23,25,27)/p+1. The fraction of sp³-hybridized carbons (Fsp3) is 0.0909. The highest BCUT2D eigenvalue weighted by atomic mass is 32.1. The van der Waals surface area contributed by atoms with Crippen molar-refractivity contribution in [1.29, 1.82) is 0 Å². The van der Waals surface area contributed by atoms with Crippen LogP contribution in [-0.4, -0.2) is 17.2 Å². The van der Waals surface area contributed by atoms with Gasteiger partial charge in [-0.25, -0.2) is 0 Å². The lowest BCUT2D eigenvalue weighted by atomic mass is 10.1. The van der Waals surface area contributed by atoms with Crippen molar-refractivity contribution in [3.8, 4) is 5.75 Å². The number of pyridine rings is 1. The summed E-state index contributed by atoms with van der Waals surface area (Å²) >= 11 is 5.62. The minimum absolute atomic E-state index is 0.109. The SMILES string of the molecule is COc1ccc(NC(=S)C(=C(O)c2ccc(C)cc2)[n+]2ccccc2)cc1. The average Bonchev–Trinajstić information content (AvgIpc) is 2.70. The van der Waals surface area contributed by atoms with Gasteiger partial charge in [0.2, 0.25) is 0 Å². The normalized spacial score (nSPS) is 11.5. The molecule has 0 amide bonds. The molecule has 0 atom stereocenters. The lowest BCUT2D eigenvalue weighted by molar-refractivity contribution is -0.575. The van der Waals surface area contributed by atoms with E-state index in [2.05, 4.69) is 5.32 Å². The zero-order valence-corrected chi connectivity index (χ0v) is 16.0. The van der Waals surface area contributed by atoms with Gasteiger partial charge < -0.3 is 15.2 Å². The van der Waals surface area contributed by atoms with E-state index < -0.39 is 0 Å².